The molecule has 0 radical (unpaired) electrons. The highest BCUT2D eigenvalue weighted by molar-refractivity contribution is 7.86. The topological polar surface area (TPSA) is 121 Å². The van der Waals surface area contributed by atoms with Crippen molar-refractivity contribution in [1.29, 1.82) is 0 Å². The number of carbonyl (C=O) groups is 2. The average molecular weight is 305 g/mol. The maximum atomic E-state index is 12.5. The van der Waals surface area contributed by atoms with Gasteiger partial charge in [0, 0.05) is 19.6 Å². The quantitative estimate of drug-likeness (QED) is 0.688. The first kappa shape index (κ1) is 15.2. The van der Waals surface area contributed by atoms with Crippen LogP contribution in [0, 0.1) is 5.92 Å². The Bertz CT molecular complexity index is 506. The minimum absolute atomic E-state index is 0.0420. The van der Waals surface area contributed by atoms with Gasteiger partial charge in [0.1, 0.15) is 6.04 Å². The normalized spacial score (nSPS) is 29.4. The van der Waals surface area contributed by atoms with Gasteiger partial charge in [-0.05, 0) is 25.7 Å². The van der Waals surface area contributed by atoms with Crippen molar-refractivity contribution in [1.82, 2.24) is 8.61 Å². The van der Waals surface area contributed by atoms with E-state index in [0.29, 0.717) is 25.7 Å². The summed E-state index contributed by atoms with van der Waals surface area (Å²) in [5, 5.41) is 9.02. The molecule has 0 aliphatic carbocycles. The zero-order valence-corrected chi connectivity index (χ0v) is 11.9. The number of nitrogens with two attached hydrogens (primary N) is 1. The predicted octanol–water partition coefficient (Wildman–Crippen LogP) is -1.02. The highest BCUT2D eigenvalue weighted by Crippen LogP contribution is 2.27. The lowest BCUT2D eigenvalue weighted by atomic mass is 10.0. The number of carboxylic acid groups (broad SMARTS) is 1. The van der Waals surface area contributed by atoms with Crippen LogP contribution >= 0.6 is 0 Å². The van der Waals surface area contributed by atoms with Crippen LogP contribution in [0.4, 0.5) is 0 Å². The smallest absolute Gasteiger partial charge is 0.307 e. The van der Waals surface area contributed by atoms with E-state index in [0.717, 1.165) is 8.61 Å². The molecule has 0 spiro atoms. The van der Waals surface area contributed by atoms with E-state index in [1.807, 2.05) is 0 Å². The van der Waals surface area contributed by atoms with Gasteiger partial charge >= 0.3 is 5.97 Å². The molecule has 0 aromatic rings. The lowest BCUT2D eigenvalue weighted by molar-refractivity contribution is -0.143. The maximum absolute atomic E-state index is 12.5. The van der Waals surface area contributed by atoms with Crippen LogP contribution in [-0.4, -0.2) is 59.7 Å². The van der Waals surface area contributed by atoms with Crippen molar-refractivity contribution >= 4 is 22.1 Å². The number of primary amides is 1. The summed E-state index contributed by atoms with van der Waals surface area (Å²) in [5.74, 6) is -2.33. The molecule has 2 aliphatic rings. The molecule has 1 amide bonds. The number of carboxylic acids is 1. The molecule has 2 atom stereocenters. The van der Waals surface area contributed by atoms with Crippen LogP contribution in [0.3, 0.4) is 0 Å². The number of aliphatic carboxylic acids is 1. The van der Waals surface area contributed by atoms with Crippen LogP contribution in [0.1, 0.15) is 25.7 Å². The summed E-state index contributed by atoms with van der Waals surface area (Å²) < 4.78 is 27.3. The van der Waals surface area contributed by atoms with Gasteiger partial charge in [0.25, 0.3) is 10.2 Å². The first-order chi connectivity index (χ1) is 9.34. The van der Waals surface area contributed by atoms with Crippen molar-refractivity contribution in [3.05, 3.63) is 0 Å². The van der Waals surface area contributed by atoms with Gasteiger partial charge in [-0.25, -0.2) is 0 Å². The number of rotatable bonds is 4. The van der Waals surface area contributed by atoms with E-state index in [1.54, 1.807) is 0 Å². The lowest BCUT2D eigenvalue weighted by Gasteiger charge is -2.34. The molecule has 2 heterocycles. The van der Waals surface area contributed by atoms with Gasteiger partial charge in [0.05, 0.1) is 5.92 Å². The van der Waals surface area contributed by atoms with Gasteiger partial charge in [-0.1, -0.05) is 0 Å². The van der Waals surface area contributed by atoms with Crippen LogP contribution in [0.2, 0.25) is 0 Å². The second-order valence-electron chi connectivity index (χ2n) is 5.21. The molecule has 3 N–H and O–H groups in total. The minimum Gasteiger partial charge on any atom is -0.481 e. The van der Waals surface area contributed by atoms with Gasteiger partial charge < -0.3 is 10.8 Å². The summed E-state index contributed by atoms with van der Waals surface area (Å²) in [6.07, 6.45) is 1.99. The Balaban J connectivity index is 2.17. The highest BCUT2D eigenvalue weighted by atomic mass is 32.2. The number of amides is 1. The number of hydrogen-bond donors (Lipinski definition) is 2. The van der Waals surface area contributed by atoms with Crippen molar-refractivity contribution in [3.8, 4) is 0 Å². The third-order valence-corrected chi connectivity index (χ3v) is 5.90. The molecule has 9 heteroatoms. The summed E-state index contributed by atoms with van der Waals surface area (Å²) in [6, 6.07) is -0.815. The van der Waals surface area contributed by atoms with E-state index in [1.165, 1.54) is 0 Å². The van der Waals surface area contributed by atoms with Crippen LogP contribution in [-0.2, 0) is 19.8 Å². The van der Waals surface area contributed by atoms with Crippen molar-refractivity contribution in [2.45, 2.75) is 31.7 Å². The number of hydrogen-bond acceptors (Lipinski definition) is 4. The largest absolute Gasteiger partial charge is 0.481 e. The first-order valence-electron chi connectivity index (χ1n) is 6.63. The molecule has 2 fully saturated rings. The Hall–Kier alpha value is -1.19. The third kappa shape index (κ3) is 2.79. The standard InChI is InChI=1S/C11H19N3O5S/c12-10(15)9-4-2-6-14(9)20(18,19)13-5-1-3-8(7-13)11(16)17/h8-9H,1-7H2,(H2,12,15)(H,16,17). The molecule has 0 saturated carbocycles. The van der Waals surface area contributed by atoms with Crippen molar-refractivity contribution in [2.75, 3.05) is 19.6 Å². The second kappa shape index (κ2) is 5.66. The first-order valence-corrected chi connectivity index (χ1v) is 8.02. The minimum atomic E-state index is -3.82. The van der Waals surface area contributed by atoms with Crippen molar-refractivity contribution in [2.24, 2.45) is 11.7 Å². The highest BCUT2D eigenvalue weighted by Gasteiger charge is 2.42. The van der Waals surface area contributed by atoms with Crippen LogP contribution in [0.15, 0.2) is 0 Å². The van der Waals surface area contributed by atoms with Gasteiger partial charge in [-0.3, -0.25) is 9.59 Å². The summed E-state index contributed by atoms with van der Waals surface area (Å²) in [7, 11) is -3.82. The molecule has 0 aromatic heterocycles. The molecule has 2 unspecified atom stereocenters. The molecule has 2 saturated heterocycles. The van der Waals surface area contributed by atoms with Crippen LogP contribution in [0.5, 0.6) is 0 Å². The van der Waals surface area contributed by atoms with Gasteiger partial charge in [0.2, 0.25) is 5.91 Å². The maximum Gasteiger partial charge on any atom is 0.307 e. The Kier molecular flexibility index (Phi) is 4.31. The second-order valence-corrected chi connectivity index (χ2v) is 7.10. The zero-order chi connectivity index (χ0) is 14.9. The SMILES string of the molecule is NC(=O)C1CCCN1S(=O)(=O)N1CCCC(C(=O)O)C1. The lowest BCUT2D eigenvalue weighted by Crippen LogP contribution is -2.53. The van der Waals surface area contributed by atoms with E-state index >= 15 is 0 Å². The van der Waals surface area contributed by atoms with Crippen LogP contribution < -0.4 is 5.73 Å². The monoisotopic (exact) mass is 305 g/mol. The number of piperidine rings is 1. The number of carbonyl (C=O) groups excluding carboxylic acids is 1. The molecule has 0 bridgehead atoms. The number of nitrogens with zero attached hydrogens (tertiary/aromatic N) is 2. The van der Waals surface area contributed by atoms with Crippen molar-refractivity contribution < 1.29 is 23.1 Å². The summed E-state index contributed by atoms with van der Waals surface area (Å²) >= 11 is 0. The summed E-state index contributed by atoms with van der Waals surface area (Å²) in [6.45, 7) is 0.498. The molecule has 2 aliphatic heterocycles. The Labute approximate surface area is 117 Å². The fraction of sp³-hybridized carbons (Fsp3) is 0.818. The third-order valence-electron chi connectivity index (χ3n) is 3.89. The predicted molar refractivity (Wildman–Crippen MR) is 69.8 cm³/mol. The van der Waals surface area contributed by atoms with Gasteiger partial charge in [-0.15, -0.1) is 0 Å². The van der Waals surface area contributed by atoms with Crippen LogP contribution in [0.25, 0.3) is 0 Å². The van der Waals surface area contributed by atoms with E-state index in [2.05, 4.69) is 0 Å². The molecule has 20 heavy (non-hydrogen) atoms. The Morgan fingerprint density at radius 3 is 2.40 bits per heavy atom. The van der Waals surface area contributed by atoms with E-state index in [4.69, 9.17) is 10.8 Å². The Morgan fingerprint density at radius 1 is 1.15 bits per heavy atom. The fourth-order valence-corrected chi connectivity index (χ4v) is 4.72. The Morgan fingerprint density at radius 2 is 1.80 bits per heavy atom. The molecule has 0 aromatic carbocycles. The van der Waals surface area contributed by atoms with Gasteiger partial charge in [0.15, 0.2) is 0 Å². The molecular formula is C11H19N3O5S. The summed E-state index contributed by atoms with van der Waals surface area (Å²) in [5.41, 5.74) is 5.23. The van der Waals surface area contributed by atoms with Crippen molar-refractivity contribution in [3.63, 3.8) is 0 Å². The fourth-order valence-electron chi connectivity index (χ4n) is 2.80. The molecule has 2 rings (SSSR count). The average Bonchev–Trinajstić information content (AvgIpc) is 2.89. The van der Waals surface area contributed by atoms with E-state index in [-0.39, 0.29) is 19.6 Å². The zero-order valence-electron chi connectivity index (χ0n) is 11.1. The molecule has 8 nitrogen and oxygen atoms in total. The molecule has 114 valence electrons. The van der Waals surface area contributed by atoms with E-state index in [9.17, 15) is 18.0 Å². The molecular weight excluding hydrogens is 286 g/mol. The van der Waals surface area contributed by atoms with E-state index < -0.39 is 34.0 Å². The summed E-state index contributed by atoms with van der Waals surface area (Å²) in [4.78, 5) is 22.3. The van der Waals surface area contributed by atoms with Gasteiger partial charge in [-0.2, -0.15) is 17.0 Å².